The Balaban J connectivity index is 1.34. The molecule has 1 atom stereocenters. The highest BCUT2D eigenvalue weighted by atomic mass is 35.5. The van der Waals surface area contributed by atoms with Crippen molar-refractivity contribution in [2.24, 2.45) is 0 Å². The molecular weight excluding hydrogens is 548 g/mol. The molecule has 2 heterocycles. The van der Waals surface area contributed by atoms with Crippen molar-refractivity contribution in [2.75, 3.05) is 6.61 Å². The lowest BCUT2D eigenvalue weighted by Crippen LogP contribution is -2.23. The summed E-state index contributed by atoms with van der Waals surface area (Å²) >= 11 is 7.46. The molecule has 0 spiro atoms. The third kappa shape index (κ3) is 5.56. The van der Waals surface area contributed by atoms with Crippen LogP contribution in [0.3, 0.4) is 0 Å². The molecule has 6 nitrogen and oxygen atoms in total. The van der Waals surface area contributed by atoms with Crippen LogP contribution in [0, 0.1) is 11.6 Å². The Morgan fingerprint density at radius 1 is 1.10 bits per heavy atom. The lowest BCUT2D eigenvalue weighted by Gasteiger charge is -2.12. The lowest BCUT2D eigenvalue weighted by atomic mass is 10.0. The van der Waals surface area contributed by atoms with Gasteiger partial charge in [0.1, 0.15) is 17.1 Å². The number of hydrogen-bond donors (Lipinski definition) is 2. The van der Waals surface area contributed by atoms with E-state index in [4.69, 9.17) is 20.8 Å². The van der Waals surface area contributed by atoms with Crippen molar-refractivity contribution < 1.29 is 27.8 Å². The normalized spacial score (nSPS) is 16.4. The molecule has 1 aliphatic heterocycles. The van der Waals surface area contributed by atoms with E-state index >= 15 is 0 Å². The summed E-state index contributed by atoms with van der Waals surface area (Å²) in [4.78, 5) is 25.7. The molecule has 10 heteroatoms. The van der Waals surface area contributed by atoms with E-state index in [0.717, 1.165) is 23.9 Å². The number of benzene rings is 3. The van der Waals surface area contributed by atoms with Crippen LogP contribution in [0.2, 0.25) is 5.02 Å². The third-order valence-corrected chi connectivity index (χ3v) is 7.66. The molecule has 5 rings (SSSR count). The van der Waals surface area contributed by atoms with E-state index in [9.17, 15) is 23.5 Å². The molecule has 3 aromatic carbocycles. The van der Waals surface area contributed by atoms with Crippen molar-refractivity contribution in [2.45, 2.75) is 25.3 Å². The van der Waals surface area contributed by atoms with Crippen LogP contribution < -0.4 is 15.5 Å². The zero-order valence-electron chi connectivity index (χ0n) is 20.6. The van der Waals surface area contributed by atoms with Crippen LogP contribution in [-0.4, -0.2) is 23.2 Å². The molecule has 1 aromatic heterocycles. The monoisotopic (exact) mass is 569 g/mol. The van der Waals surface area contributed by atoms with Crippen LogP contribution >= 0.6 is 23.4 Å². The van der Waals surface area contributed by atoms with E-state index in [1.165, 1.54) is 6.07 Å². The number of carbonyl (C=O) groups excluding carboxylic acids is 1. The molecule has 1 saturated heterocycles. The smallest absolute Gasteiger partial charge is 0.260 e. The molecule has 1 fully saturated rings. The molecule has 0 radical (unpaired) electrons. The first kappa shape index (κ1) is 26.9. The van der Waals surface area contributed by atoms with Crippen LogP contribution in [0.5, 0.6) is 5.75 Å². The molecule has 0 aliphatic carbocycles. The maximum Gasteiger partial charge on any atom is 0.260 e. The minimum absolute atomic E-state index is 0.183. The number of halogens is 3. The highest BCUT2D eigenvalue weighted by Gasteiger charge is 2.27. The summed E-state index contributed by atoms with van der Waals surface area (Å²) < 4.78 is 39.4. The van der Waals surface area contributed by atoms with Gasteiger partial charge in [0, 0.05) is 11.1 Å². The first-order valence-corrected chi connectivity index (χ1v) is 13.3. The number of thioether (sulfide) groups is 1. The quantitative estimate of drug-likeness (QED) is 0.201. The van der Waals surface area contributed by atoms with Crippen molar-refractivity contribution >= 4 is 45.8 Å². The number of aliphatic hydroxyl groups excluding tert-OH is 1. The summed E-state index contributed by atoms with van der Waals surface area (Å²) in [6.45, 7) is 1.99. The highest BCUT2D eigenvalue weighted by Crippen LogP contribution is 2.36. The summed E-state index contributed by atoms with van der Waals surface area (Å²) in [6, 6.07) is 15.3. The van der Waals surface area contributed by atoms with Crippen LogP contribution in [-0.2, 0) is 11.2 Å². The largest absolute Gasteiger partial charge is 0.492 e. The van der Waals surface area contributed by atoms with Crippen molar-refractivity contribution in [3.8, 4) is 17.1 Å². The second-order valence-corrected chi connectivity index (χ2v) is 10.4. The first-order chi connectivity index (χ1) is 18.7. The van der Waals surface area contributed by atoms with Crippen LogP contribution in [0.15, 0.2) is 74.8 Å². The van der Waals surface area contributed by atoms with E-state index in [2.05, 4.69) is 5.32 Å². The van der Waals surface area contributed by atoms with E-state index < -0.39 is 17.2 Å². The van der Waals surface area contributed by atoms with E-state index in [0.29, 0.717) is 49.8 Å². The predicted octanol–water partition coefficient (Wildman–Crippen LogP) is 6.27. The Morgan fingerprint density at radius 2 is 1.90 bits per heavy atom. The highest BCUT2D eigenvalue weighted by molar-refractivity contribution is 8.05. The average molecular weight is 570 g/mol. The topological polar surface area (TPSA) is 88.8 Å². The van der Waals surface area contributed by atoms with Gasteiger partial charge < -0.3 is 19.6 Å². The zero-order chi connectivity index (χ0) is 27.7. The number of carbonyl (C=O) groups is 1. The number of aliphatic hydroxyl groups is 1. The maximum absolute atomic E-state index is 14.0. The number of nitrogens with one attached hydrogen (secondary N) is 1. The lowest BCUT2D eigenvalue weighted by molar-refractivity contribution is -0.117. The molecule has 4 aromatic rings. The van der Waals surface area contributed by atoms with Gasteiger partial charge in [-0.1, -0.05) is 41.6 Å². The third-order valence-electron chi connectivity index (χ3n) is 6.30. The number of fused-ring (bicyclic) bond motifs is 1. The molecule has 1 unspecified atom stereocenters. The van der Waals surface area contributed by atoms with E-state index in [-0.39, 0.29) is 35.7 Å². The molecule has 39 heavy (non-hydrogen) atoms. The summed E-state index contributed by atoms with van der Waals surface area (Å²) in [6.07, 6.45) is 0.673. The van der Waals surface area contributed by atoms with Gasteiger partial charge in [0.2, 0.25) is 0 Å². The van der Waals surface area contributed by atoms with E-state index in [1.807, 2.05) is 0 Å². The molecule has 2 N–H and O–H groups in total. The van der Waals surface area contributed by atoms with Gasteiger partial charge >= 0.3 is 0 Å². The Hall–Kier alpha value is -3.66. The van der Waals surface area contributed by atoms with Crippen LogP contribution in [0.1, 0.15) is 24.5 Å². The van der Waals surface area contributed by atoms with Gasteiger partial charge in [0.05, 0.1) is 21.9 Å². The standard InChI is InChI=1S/C29H22ClF2NO5S/c1-15(27-28(35)33-29(36)39-27)16-9-11-24(20(30)13-16)37-12-4-6-19-25(34)18-5-2-3-7-23(18)38-26(19)17-8-10-21(31)22(32)14-17/h2-3,5,7-11,13-14,29,36H,4,6,12H2,1H3,(H,33,35)/b27-15-. The fraction of sp³-hybridized carbons (Fsp3) is 0.172. The summed E-state index contributed by atoms with van der Waals surface area (Å²) in [7, 11) is 0. The van der Waals surface area contributed by atoms with Gasteiger partial charge in [-0.15, -0.1) is 0 Å². The second kappa shape index (κ2) is 11.2. The Morgan fingerprint density at radius 3 is 2.62 bits per heavy atom. The Kier molecular flexibility index (Phi) is 7.74. The van der Waals surface area contributed by atoms with Crippen LogP contribution in [0.4, 0.5) is 8.78 Å². The average Bonchev–Trinajstić information content (AvgIpc) is 3.26. The Bertz CT molecular complexity index is 1690. The molecule has 0 bridgehead atoms. The fourth-order valence-corrected chi connectivity index (χ4v) is 5.41. The minimum atomic E-state index is -1.04. The number of ether oxygens (including phenoxy) is 1. The first-order valence-electron chi connectivity index (χ1n) is 12.0. The van der Waals surface area contributed by atoms with Crippen molar-refractivity contribution in [3.05, 3.63) is 104 Å². The van der Waals surface area contributed by atoms with E-state index in [1.54, 1.807) is 49.4 Å². The molecule has 0 saturated carbocycles. The zero-order valence-corrected chi connectivity index (χ0v) is 22.2. The van der Waals surface area contributed by atoms with Crippen LogP contribution in [0.25, 0.3) is 27.9 Å². The second-order valence-electron chi connectivity index (χ2n) is 8.86. The van der Waals surface area contributed by atoms with Gasteiger partial charge in [-0.2, -0.15) is 0 Å². The number of hydrogen-bond acceptors (Lipinski definition) is 6. The number of allylic oxidation sites excluding steroid dienone is 1. The number of para-hydroxylation sites is 1. The number of rotatable bonds is 7. The fourth-order valence-electron chi connectivity index (χ4n) is 4.32. The molecule has 1 amide bonds. The van der Waals surface area contributed by atoms with Crippen molar-refractivity contribution in [1.82, 2.24) is 5.32 Å². The van der Waals surface area contributed by atoms with Gasteiger partial charge in [-0.3, -0.25) is 9.59 Å². The molecule has 1 aliphatic rings. The molecular formula is C29H22ClF2NO5S. The minimum Gasteiger partial charge on any atom is -0.492 e. The molecule has 200 valence electrons. The Labute approximate surface area is 231 Å². The summed E-state index contributed by atoms with van der Waals surface area (Å²) in [5, 5.41) is 12.8. The van der Waals surface area contributed by atoms with Gasteiger partial charge in [0.25, 0.3) is 5.91 Å². The SMILES string of the molecule is C/C(=C1/SC(O)NC1=O)c1ccc(OCCCc2c(-c3ccc(F)c(F)c3)oc3ccccc3c2=O)c(Cl)c1. The van der Waals surface area contributed by atoms with Gasteiger partial charge in [-0.25, -0.2) is 8.78 Å². The number of amides is 1. The van der Waals surface area contributed by atoms with Gasteiger partial charge in [0.15, 0.2) is 22.6 Å². The van der Waals surface area contributed by atoms with Crippen molar-refractivity contribution in [1.29, 1.82) is 0 Å². The predicted molar refractivity (Wildman–Crippen MR) is 147 cm³/mol. The summed E-state index contributed by atoms with van der Waals surface area (Å²) in [5.74, 6) is -1.77. The van der Waals surface area contributed by atoms with Gasteiger partial charge in [-0.05, 0) is 73.4 Å². The maximum atomic E-state index is 14.0. The van der Waals surface area contributed by atoms with Crippen molar-refractivity contribution in [3.63, 3.8) is 0 Å². The summed E-state index contributed by atoms with van der Waals surface area (Å²) in [5.41, 5.74) is 1.11.